The Labute approximate surface area is 154 Å². The zero-order valence-corrected chi connectivity index (χ0v) is 14.7. The minimum absolute atomic E-state index is 0.0160. The van der Waals surface area contributed by atoms with E-state index in [0.717, 1.165) is 9.75 Å². The highest BCUT2D eigenvalue weighted by atomic mass is 32.1. The zero-order valence-electron chi connectivity index (χ0n) is 13.9. The Hall–Kier alpha value is -2.70. The van der Waals surface area contributed by atoms with Crippen LogP contribution < -0.4 is 10.8 Å². The lowest BCUT2D eigenvalue weighted by atomic mass is 10.1. The third kappa shape index (κ3) is 5.15. The minimum Gasteiger partial charge on any atom is -0.391 e. The van der Waals surface area contributed by atoms with E-state index in [0.29, 0.717) is 5.56 Å². The van der Waals surface area contributed by atoms with Crippen molar-refractivity contribution in [3.05, 3.63) is 57.3 Å². The van der Waals surface area contributed by atoms with Crippen LogP contribution in [0.2, 0.25) is 0 Å². The smallest absolute Gasteiger partial charge is 0.268 e. The van der Waals surface area contributed by atoms with Crippen molar-refractivity contribution in [1.82, 2.24) is 10.8 Å². The van der Waals surface area contributed by atoms with Crippen molar-refractivity contribution in [2.45, 2.75) is 25.7 Å². The highest BCUT2D eigenvalue weighted by Crippen LogP contribution is 2.15. The Bertz CT molecular complexity index is 833. The first-order valence-corrected chi connectivity index (χ1v) is 8.50. The van der Waals surface area contributed by atoms with Gasteiger partial charge in [0.1, 0.15) is 6.04 Å². The molecule has 1 aromatic heterocycles. The molecule has 136 valence electrons. The summed E-state index contributed by atoms with van der Waals surface area (Å²) in [7, 11) is 0. The van der Waals surface area contributed by atoms with Crippen LogP contribution in [-0.2, 0) is 11.4 Å². The van der Waals surface area contributed by atoms with Gasteiger partial charge >= 0.3 is 0 Å². The van der Waals surface area contributed by atoms with Crippen LogP contribution in [0, 0.1) is 11.8 Å². The van der Waals surface area contributed by atoms with Gasteiger partial charge in [0.15, 0.2) is 0 Å². The molecule has 2 rings (SSSR count). The number of thiophene rings is 1. The summed E-state index contributed by atoms with van der Waals surface area (Å²) in [6.45, 7) is 1.31. The van der Waals surface area contributed by atoms with Crippen LogP contribution in [0.25, 0.3) is 0 Å². The van der Waals surface area contributed by atoms with Gasteiger partial charge in [-0.3, -0.25) is 14.8 Å². The second kappa shape index (κ2) is 9.12. The standard InChI is InChI=1S/C18H18N2O5S/c1-11(22)16(18(24)20-25)19-17(23)13-5-2-12(3-6-13)4-7-14-8-9-15(10-21)26-14/h2-3,5-6,8-9,11,16,21-22,25H,10H2,1H3,(H,19,23)(H,20,24)/t11-,16-/m0/s1. The van der Waals surface area contributed by atoms with Gasteiger partial charge in [-0.15, -0.1) is 11.3 Å². The van der Waals surface area contributed by atoms with Crippen LogP contribution in [0.15, 0.2) is 36.4 Å². The normalized spacial score (nSPS) is 12.5. The molecule has 0 aliphatic heterocycles. The average molecular weight is 374 g/mol. The second-order valence-electron chi connectivity index (χ2n) is 5.42. The first-order valence-electron chi connectivity index (χ1n) is 7.69. The van der Waals surface area contributed by atoms with Crippen molar-refractivity contribution < 1.29 is 25.0 Å². The van der Waals surface area contributed by atoms with Crippen molar-refractivity contribution >= 4 is 23.2 Å². The topological polar surface area (TPSA) is 119 Å². The van der Waals surface area contributed by atoms with Crippen LogP contribution >= 0.6 is 11.3 Å². The second-order valence-corrected chi connectivity index (χ2v) is 6.59. The summed E-state index contributed by atoms with van der Waals surface area (Å²) in [6, 6.07) is 8.77. The highest BCUT2D eigenvalue weighted by Gasteiger charge is 2.25. The number of aliphatic hydroxyl groups excluding tert-OH is 2. The van der Waals surface area contributed by atoms with Crippen molar-refractivity contribution in [2.75, 3.05) is 0 Å². The van der Waals surface area contributed by atoms with Gasteiger partial charge in [-0.05, 0) is 43.3 Å². The summed E-state index contributed by atoms with van der Waals surface area (Å²) in [4.78, 5) is 25.3. The fourth-order valence-electron chi connectivity index (χ4n) is 2.07. The van der Waals surface area contributed by atoms with Gasteiger partial charge in [0.05, 0.1) is 17.6 Å². The number of hydrogen-bond acceptors (Lipinski definition) is 6. The molecule has 7 nitrogen and oxygen atoms in total. The summed E-state index contributed by atoms with van der Waals surface area (Å²) < 4.78 is 0. The van der Waals surface area contributed by atoms with E-state index in [1.165, 1.54) is 23.7 Å². The van der Waals surface area contributed by atoms with Crippen LogP contribution in [0.1, 0.15) is 32.6 Å². The molecule has 0 aliphatic rings. The average Bonchev–Trinajstić information content (AvgIpc) is 3.12. The van der Waals surface area contributed by atoms with E-state index in [2.05, 4.69) is 17.2 Å². The fraction of sp³-hybridized carbons (Fsp3) is 0.222. The lowest BCUT2D eigenvalue weighted by Gasteiger charge is -2.19. The SMILES string of the molecule is C[C@H](O)[C@H](NC(=O)c1ccc(C#Cc2ccc(CO)s2)cc1)C(=O)NO. The number of carbonyl (C=O) groups excluding carboxylic acids is 2. The molecule has 8 heteroatoms. The molecule has 26 heavy (non-hydrogen) atoms. The largest absolute Gasteiger partial charge is 0.391 e. The number of hydrogen-bond donors (Lipinski definition) is 5. The van der Waals surface area contributed by atoms with Gasteiger partial charge < -0.3 is 15.5 Å². The first-order chi connectivity index (χ1) is 12.4. The summed E-state index contributed by atoms with van der Waals surface area (Å²) >= 11 is 1.40. The third-order valence-corrected chi connectivity index (χ3v) is 4.44. The number of benzene rings is 1. The lowest BCUT2D eigenvalue weighted by Crippen LogP contribution is -2.51. The molecule has 0 unspecified atom stereocenters. The van der Waals surface area contributed by atoms with Crippen molar-refractivity contribution in [1.29, 1.82) is 0 Å². The molecule has 5 N–H and O–H groups in total. The van der Waals surface area contributed by atoms with E-state index in [1.807, 2.05) is 12.1 Å². The van der Waals surface area contributed by atoms with Crippen LogP contribution in [0.3, 0.4) is 0 Å². The molecule has 0 saturated carbocycles. The predicted molar refractivity (Wildman–Crippen MR) is 95.5 cm³/mol. The predicted octanol–water partition coefficient (Wildman–Crippen LogP) is 0.625. The van der Waals surface area contributed by atoms with Crippen LogP contribution in [0.5, 0.6) is 0 Å². The number of amides is 2. The van der Waals surface area contributed by atoms with E-state index in [4.69, 9.17) is 10.3 Å². The molecular weight excluding hydrogens is 356 g/mol. The number of carbonyl (C=O) groups is 2. The fourth-order valence-corrected chi connectivity index (χ4v) is 2.79. The first kappa shape index (κ1) is 19.6. The van der Waals surface area contributed by atoms with E-state index in [1.54, 1.807) is 24.3 Å². The maximum atomic E-state index is 12.2. The van der Waals surface area contributed by atoms with E-state index >= 15 is 0 Å². The minimum atomic E-state index is -1.27. The summed E-state index contributed by atoms with van der Waals surface area (Å²) in [6.07, 6.45) is -1.18. The lowest BCUT2D eigenvalue weighted by molar-refractivity contribution is -0.133. The van der Waals surface area contributed by atoms with Crippen LogP contribution in [0.4, 0.5) is 0 Å². The Morgan fingerprint density at radius 1 is 1.15 bits per heavy atom. The molecule has 2 aromatic rings. The molecule has 0 aliphatic carbocycles. The molecule has 0 radical (unpaired) electrons. The monoisotopic (exact) mass is 374 g/mol. The van der Waals surface area contributed by atoms with Gasteiger partial charge in [0.25, 0.3) is 11.8 Å². The molecule has 0 saturated heterocycles. The van der Waals surface area contributed by atoms with E-state index < -0.39 is 24.0 Å². The maximum absolute atomic E-state index is 12.2. The third-order valence-electron chi connectivity index (χ3n) is 3.46. The number of rotatable bonds is 5. The van der Waals surface area contributed by atoms with Crippen molar-refractivity contribution in [3.63, 3.8) is 0 Å². The van der Waals surface area contributed by atoms with Gasteiger partial charge in [-0.2, -0.15) is 0 Å². The van der Waals surface area contributed by atoms with Crippen molar-refractivity contribution in [2.24, 2.45) is 0 Å². The Kier molecular flexibility index (Phi) is 6.89. The number of aliphatic hydroxyl groups is 2. The zero-order chi connectivity index (χ0) is 19.1. The Morgan fingerprint density at radius 2 is 1.85 bits per heavy atom. The molecule has 1 heterocycles. The van der Waals surface area contributed by atoms with Gasteiger partial charge in [0.2, 0.25) is 0 Å². The summed E-state index contributed by atoms with van der Waals surface area (Å²) in [5.41, 5.74) is 2.38. The van der Waals surface area contributed by atoms with Gasteiger partial charge in [-0.25, -0.2) is 5.48 Å². The maximum Gasteiger partial charge on any atom is 0.268 e. The molecule has 2 amide bonds. The quantitative estimate of drug-likeness (QED) is 0.299. The Morgan fingerprint density at radius 3 is 2.38 bits per heavy atom. The summed E-state index contributed by atoms with van der Waals surface area (Å²) in [5.74, 6) is 4.46. The Balaban J connectivity index is 2.06. The number of nitrogens with one attached hydrogen (secondary N) is 2. The molecule has 0 bridgehead atoms. The molecule has 1 aromatic carbocycles. The van der Waals surface area contributed by atoms with E-state index in [9.17, 15) is 14.7 Å². The van der Waals surface area contributed by atoms with Crippen molar-refractivity contribution in [3.8, 4) is 11.8 Å². The molecule has 0 fully saturated rings. The van der Waals surface area contributed by atoms with Gasteiger partial charge in [0, 0.05) is 16.0 Å². The highest BCUT2D eigenvalue weighted by molar-refractivity contribution is 7.12. The summed E-state index contributed by atoms with van der Waals surface area (Å²) in [5, 5.41) is 29.6. The molecule has 2 atom stereocenters. The van der Waals surface area contributed by atoms with Crippen LogP contribution in [-0.4, -0.2) is 39.4 Å². The molecular formula is C18H18N2O5S. The number of hydroxylamine groups is 1. The van der Waals surface area contributed by atoms with Gasteiger partial charge in [-0.1, -0.05) is 11.8 Å². The van der Waals surface area contributed by atoms with E-state index in [-0.39, 0.29) is 12.2 Å². The molecule has 0 spiro atoms.